The Morgan fingerprint density at radius 1 is 1.22 bits per heavy atom. The molecule has 2 aromatic rings. The third-order valence-electron chi connectivity index (χ3n) is 3.53. The molecular formula is C17H18N2O4. The normalized spacial score (nSPS) is 10.2. The van der Waals surface area contributed by atoms with Crippen LogP contribution in [0.25, 0.3) is 0 Å². The van der Waals surface area contributed by atoms with Crippen LogP contribution < -0.4 is 4.90 Å². The molecule has 2 rings (SSSR count). The summed E-state index contributed by atoms with van der Waals surface area (Å²) in [5, 5.41) is 11.4. The number of ether oxygens (including phenoxy) is 1. The molecule has 6 nitrogen and oxygen atoms in total. The lowest BCUT2D eigenvalue weighted by Crippen LogP contribution is -2.20. The molecule has 0 aliphatic carbocycles. The maximum atomic E-state index is 12.0. The Labute approximate surface area is 134 Å². The standard InChI is InChI=1S/C17H18N2O4/c1-4-18(14-8-6-5-7-13(14)17(20)23-3)15-10-9-12(2)11-16(15)19(21)22/h5-11H,4H2,1-3H3. The van der Waals surface area contributed by atoms with E-state index >= 15 is 0 Å². The largest absolute Gasteiger partial charge is 0.465 e. The molecule has 0 heterocycles. The molecule has 0 fully saturated rings. The third-order valence-corrected chi connectivity index (χ3v) is 3.53. The molecule has 2 aromatic carbocycles. The minimum Gasteiger partial charge on any atom is -0.465 e. The summed E-state index contributed by atoms with van der Waals surface area (Å²) in [5.41, 5.74) is 2.20. The Kier molecular flexibility index (Phi) is 4.95. The van der Waals surface area contributed by atoms with Gasteiger partial charge in [-0.2, -0.15) is 0 Å². The molecule has 0 aliphatic rings. The number of nitro groups is 1. The zero-order valence-electron chi connectivity index (χ0n) is 13.3. The maximum Gasteiger partial charge on any atom is 0.339 e. The second-order valence-electron chi connectivity index (χ2n) is 5.00. The molecule has 0 aliphatic heterocycles. The number of hydrogen-bond donors (Lipinski definition) is 0. The molecule has 0 amide bonds. The number of aryl methyl sites for hydroxylation is 1. The highest BCUT2D eigenvalue weighted by atomic mass is 16.6. The van der Waals surface area contributed by atoms with E-state index in [1.54, 1.807) is 42.2 Å². The van der Waals surface area contributed by atoms with Gasteiger partial charge in [0, 0.05) is 12.6 Å². The number of nitrogens with zero attached hydrogens (tertiary/aromatic N) is 2. The van der Waals surface area contributed by atoms with Gasteiger partial charge in [-0.25, -0.2) is 4.79 Å². The number of esters is 1. The average Bonchev–Trinajstić information content (AvgIpc) is 2.56. The number of nitro benzene ring substituents is 1. The fourth-order valence-corrected chi connectivity index (χ4v) is 2.47. The first-order valence-electron chi connectivity index (χ1n) is 7.19. The molecule has 0 N–H and O–H groups in total. The molecule has 0 spiro atoms. The van der Waals surface area contributed by atoms with Gasteiger partial charge in [-0.05, 0) is 37.6 Å². The zero-order chi connectivity index (χ0) is 17.0. The predicted molar refractivity (Wildman–Crippen MR) is 88.3 cm³/mol. The summed E-state index contributed by atoms with van der Waals surface area (Å²) in [6.45, 7) is 4.14. The third kappa shape index (κ3) is 3.31. The topological polar surface area (TPSA) is 72.7 Å². The van der Waals surface area contributed by atoms with Crippen molar-refractivity contribution < 1.29 is 14.5 Å². The number of benzene rings is 2. The van der Waals surface area contributed by atoms with Gasteiger partial charge in [0.1, 0.15) is 5.69 Å². The van der Waals surface area contributed by atoms with Crippen molar-refractivity contribution in [3.63, 3.8) is 0 Å². The zero-order valence-corrected chi connectivity index (χ0v) is 13.3. The Morgan fingerprint density at radius 2 is 1.91 bits per heavy atom. The Balaban J connectivity index is 2.63. The van der Waals surface area contributed by atoms with E-state index in [0.717, 1.165) is 5.56 Å². The molecule has 0 atom stereocenters. The van der Waals surface area contributed by atoms with Gasteiger partial charge < -0.3 is 9.64 Å². The summed E-state index contributed by atoms with van der Waals surface area (Å²) in [7, 11) is 1.31. The van der Waals surface area contributed by atoms with Gasteiger partial charge >= 0.3 is 5.97 Å². The second-order valence-corrected chi connectivity index (χ2v) is 5.00. The number of para-hydroxylation sites is 1. The van der Waals surface area contributed by atoms with Crippen LogP contribution in [0.15, 0.2) is 42.5 Å². The van der Waals surface area contributed by atoms with Crippen molar-refractivity contribution in [3.8, 4) is 0 Å². The number of hydrogen-bond acceptors (Lipinski definition) is 5. The van der Waals surface area contributed by atoms with Crippen molar-refractivity contribution >= 4 is 23.0 Å². The SMILES string of the molecule is CCN(c1ccccc1C(=O)OC)c1ccc(C)cc1[N+](=O)[O-]. The van der Waals surface area contributed by atoms with E-state index in [1.807, 2.05) is 13.0 Å². The quantitative estimate of drug-likeness (QED) is 0.476. The van der Waals surface area contributed by atoms with Crippen molar-refractivity contribution in [2.45, 2.75) is 13.8 Å². The number of carbonyl (C=O) groups excluding carboxylic acids is 1. The van der Waals surface area contributed by atoms with E-state index in [0.29, 0.717) is 23.5 Å². The van der Waals surface area contributed by atoms with Gasteiger partial charge in [0.2, 0.25) is 0 Å². The highest BCUT2D eigenvalue weighted by Crippen LogP contribution is 2.35. The molecular weight excluding hydrogens is 296 g/mol. The summed E-state index contributed by atoms with van der Waals surface area (Å²) in [5.74, 6) is -0.478. The van der Waals surface area contributed by atoms with E-state index in [2.05, 4.69) is 0 Å². The lowest BCUT2D eigenvalue weighted by atomic mass is 10.1. The summed E-state index contributed by atoms with van der Waals surface area (Å²) in [6.07, 6.45) is 0. The fourth-order valence-electron chi connectivity index (χ4n) is 2.47. The number of methoxy groups -OCH3 is 1. The van der Waals surface area contributed by atoms with Crippen molar-refractivity contribution in [2.75, 3.05) is 18.6 Å². The van der Waals surface area contributed by atoms with Crippen LogP contribution in [0.2, 0.25) is 0 Å². The van der Waals surface area contributed by atoms with Crippen LogP contribution in [0.4, 0.5) is 17.1 Å². The van der Waals surface area contributed by atoms with Gasteiger partial charge in [0.15, 0.2) is 0 Å². The first-order chi connectivity index (χ1) is 11.0. The number of carbonyl (C=O) groups is 1. The lowest BCUT2D eigenvalue weighted by molar-refractivity contribution is -0.384. The second kappa shape index (κ2) is 6.91. The van der Waals surface area contributed by atoms with Gasteiger partial charge in [-0.15, -0.1) is 0 Å². The Hall–Kier alpha value is -2.89. The van der Waals surface area contributed by atoms with E-state index in [1.165, 1.54) is 13.2 Å². The van der Waals surface area contributed by atoms with Crippen molar-refractivity contribution in [1.29, 1.82) is 0 Å². The summed E-state index contributed by atoms with van der Waals surface area (Å²) < 4.78 is 4.80. The van der Waals surface area contributed by atoms with Crippen LogP contribution in [0.5, 0.6) is 0 Å². The van der Waals surface area contributed by atoms with Crippen LogP contribution >= 0.6 is 0 Å². The van der Waals surface area contributed by atoms with Gasteiger partial charge in [-0.3, -0.25) is 10.1 Å². The monoisotopic (exact) mass is 314 g/mol. The fraction of sp³-hybridized carbons (Fsp3) is 0.235. The van der Waals surface area contributed by atoms with Crippen molar-refractivity contribution in [3.05, 3.63) is 63.7 Å². The minimum atomic E-state index is -0.478. The minimum absolute atomic E-state index is 0.00604. The predicted octanol–water partition coefficient (Wildman–Crippen LogP) is 3.85. The summed E-state index contributed by atoms with van der Waals surface area (Å²) in [6, 6.07) is 11.9. The lowest BCUT2D eigenvalue weighted by Gasteiger charge is -2.25. The van der Waals surface area contributed by atoms with Gasteiger partial charge in [0.05, 0.1) is 23.3 Å². The average molecular weight is 314 g/mol. The van der Waals surface area contributed by atoms with Gasteiger partial charge in [-0.1, -0.05) is 18.2 Å². The van der Waals surface area contributed by atoms with E-state index in [4.69, 9.17) is 4.74 Å². The first-order valence-corrected chi connectivity index (χ1v) is 7.19. The van der Waals surface area contributed by atoms with Crippen LogP contribution in [-0.4, -0.2) is 24.5 Å². The molecule has 0 aromatic heterocycles. The van der Waals surface area contributed by atoms with E-state index in [-0.39, 0.29) is 5.69 Å². The Bertz CT molecular complexity index is 743. The Morgan fingerprint density at radius 3 is 2.52 bits per heavy atom. The van der Waals surface area contributed by atoms with Gasteiger partial charge in [0.25, 0.3) is 5.69 Å². The van der Waals surface area contributed by atoms with Crippen LogP contribution in [-0.2, 0) is 4.74 Å². The smallest absolute Gasteiger partial charge is 0.339 e. The summed E-state index contributed by atoms with van der Waals surface area (Å²) >= 11 is 0. The molecule has 0 bridgehead atoms. The molecule has 120 valence electrons. The van der Waals surface area contributed by atoms with E-state index < -0.39 is 10.9 Å². The first kappa shape index (κ1) is 16.5. The molecule has 0 radical (unpaired) electrons. The molecule has 23 heavy (non-hydrogen) atoms. The van der Waals surface area contributed by atoms with E-state index in [9.17, 15) is 14.9 Å². The molecule has 0 unspecified atom stereocenters. The number of anilines is 2. The van der Waals surface area contributed by atoms with Crippen molar-refractivity contribution in [2.24, 2.45) is 0 Å². The number of rotatable bonds is 5. The summed E-state index contributed by atoms with van der Waals surface area (Å²) in [4.78, 5) is 24.7. The van der Waals surface area contributed by atoms with Crippen molar-refractivity contribution in [1.82, 2.24) is 0 Å². The highest BCUT2D eigenvalue weighted by Gasteiger charge is 2.23. The maximum absolute atomic E-state index is 12.0. The molecule has 0 saturated heterocycles. The molecule has 0 saturated carbocycles. The van der Waals surface area contributed by atoms with Crippen LogP contribution in [0, 0.1) is 17.0 Å². The molecule has 6 heteroatoms. The van der Waals surface area contributed by atoms with Crippen LogP contribution in [0.1, 0.15) is 22.8 Å². The van der Waals surface area contributed by atoms with Crippen LogP contribution in [0.3, 0.4) is 0 Å². The highest BCUT2D eigenvalue weighted by molar-refractivity contribution is 5.97.